The van der Waals surface area contributed by atoms with E-state index < -0.39 is 0 Å². The van der Waals surface area contributed by atoms with Crippen LogP contribution in [0.3, 0.4) is 0 Å². The fraction of sp³-hybridized carbons (Fsp3) is 0.632. The number of amides is 1. The van der Waals surface area contributed by atoms with Crippen molar-refractivity contribution in [3.05, 3.63) is 35.9 Å². The Morgan fingerprint density at radius 1 is 1.14 bits per heavy atom. The summed E-state index contributed by atoms with van der Waals surface area (Å²) in [5, 5.41) is 12.7. The third-order valence-corrected chi connectivity index (χ3v) is 5.34. The minimum atomic E-state index is -0.159. The van der Waals surface area contributed by atoms with E-state index in [0.29, 0.717) is 6.42 Å². The van der Waals surface area contributed by atoms with E-state index in [9.17, 15) is 9.90 Å². The molecule has 2 N–H and O–H groups in total. The van der Waals surface area contributed by atoms with Gasteiger partial charge in [0.2, 0.25) is 5.91 Å². The second kappa shape index (κ2) is 6.82. The lowest BCUT2D eigenvalue weighted by atomic mass is 9.91. The van der Waals surface area contributed by atoms with Crippen LogP contribution in [0, 0.1) is 5.41 Å². The number of benzene rings is 1. The summed E-state index contributed by atoms with van der Waals surface area (Å²) in [5.41, 5.74) is 1.63. The van der Waals surface area contributed by atoms with E-state index in [1.54, 1.807) is 0 Å². The van der Waals surface area contributed by atoms with Gasteiger partial charge in [0.1, 0.15) is 0 Å². The Hall–Kier alpha value is -1.35. The third-order valence-electron chi connectivity index (χ3n) is 5.34. The van der Waals surface area contributed by atoms with Crippen molar-refractivity contribution >= 4 is 5.91 Å². The maximum absolute atomic E-state index is 12.3. The van der Waals surface area contributed by atoms with Gasteiger partial charge in [0.05, 0.1) is 6.10 Å². The highest BCUT2D eigenvalue weighted by Crippen LogP contribution is 2.52. The molecule has 1 aromatic rings. The SMILES string of the molecule is O=C(CC1(CCc2ccccc2)CC1)NC1CCC(O)CC1. The van der Waals surface area contributed by atoms with Gasteiger partial charge in [-0.15, -0.1) is 0 Å². The summed E-state index contributed by atoms with van der Waals surface area (Å²) in [7, 11) is 0. The molecule has 0 aromatic heterocycles. The molecule has 2 aliphatic carbocycles. The van der Waals surface area contributed by atoms with Gasteiger partial charge in [-0.2, -0.15) is 0 Å². The lowest BCUT2D eigenvalue weighted by molar-refractivity contribution is -0.123. The zero-order valence-corrected chi connectivity index (χ0v) is 13.3. The molecule has 3 rings (SSSR count). The molecule has 2 saturated carbocycles. The van der Waals surface area contributed by atoms with Crippen LogP contribution in [0.25, 0.3) is 0 Å². The van der Waals surface area contributed by atoms with Crippen LogP contribution in [0.1, 0.15) is 56.9 Å². The average molecular weight is 301 g/mol. The molecular weight excluding hydrogens is 274 g/mol. The highest BCUT2D eigenvalue weighted by atomic mass is 16.3. The molecule has 22 heavy (non-hydrogen) atoms. The zero-order valence-electron chi connectivity index (χ0n) is 13.3. The van der Waals surface area contributed by atoms with Crippen molar-refractivity contribution in [3.63, 3.8) is 0 Å². The third kappa shape index (κ3) is 4.33. The van der Waals surface area contributed by atoms with E-state index in [1.807, 2.05) is 6.07 Å². The van der Waals surface area contributed by atoms with E-state index in [4.69, 9.17) is 0 Å². The molecule has 3 heteroatoms. The second-order valence-electron chi connectivity index (χ2n) is 7.24. The number of carbonyl (C=O) groups is 1. The Morgan fingerprint density at radius 3 is 2.45 bits per heavy atom. The first kappa shape index (κ1) is 15.5. The summed E-state index contributed by atoms with van der Waals surface area (Å²) in [6, 6.07) is 10.8. The standard InChI is InChI=1S/C19H27NO2/c21-17-8-6-16(7-9-17)20-18(22)14-19(12-13-19)11-10-15-4-2-1-3-5-15/h1-5,16-17,21H,6-14H2,(H,20,22). The van der Waals surface area contributed by atoms with Gasteiger partial charge >= 0.3 is 0 Å². The maximum Gasteiger partial charge on any atom is 0.220 e. The first-order valence-electron chi connectivity index (χ1n) is 8.67. The molecule has 0 bridgehead atoms. The summed E-state index contributed by atoms with van der Waals surface area (Å²) in [6.45, 7) is 0. The van der Waals surface area contributed by atoms with Crippen molar-refractivity contribution in [2.45, 2.75) is 69.9 Å². The summed E-state index contributed by atoms with van der Waals surface area (Å²) in [5.74, 6) is 0.215. The quantitative estimate of drug-likeness (QED) is 0.847. The van der Waals surface area contributed by atoms with Gasteiger partial charge in [-0.1, -0.05) is 30.3 Å². The molecular formula is C19H27NO2. The van der Waals surface area contributed by atoms with Crippen molar-refractivity contribution in [1.29, 1.82) is 0 Å². The van der Waals surface area contributed by atoms with Gasteiger partial charge in [-0.25, -0.2) is 0 Å². The molecule has 0 radical (unpaired) electrons. The van der Waals surface area contributed by atoms with Gasteiger partial charge in [0, 0.05) is 12.5 Å². The highest BCUT2D eigenvalue weighted by molar-refractivity contribution is 5.77. The van der Waals surface area contributed by atoms with Crippen LogP contribution in [0.15, 0.2) is 30.3 Å². The molecule has 0 atom stereocenters. The summed E-state index contributed by atoms with van der Waals surface area (Å²) < 4.78 is 0. The molecule has 1 amide bonds. The highest BCUT2D eigenvalue weighted by Gasteiger charge is 2.43. The minimum Gasteiger partial charge on any atom is -0.393 e. The first-order chi connectivity index (χ1) is 10.7. The maximum atomic E-state index is 12.3. The van der Waals surface area contributed by atoms with Crippen molar-refractivity contribution in [2.24, 2.45) is 5.41 Å². The van der Waals surface area contributed by atoms with E-state index in [0.717, 1.165) is 38.5 Å². The van der Waals surface area contributed by atoms with E-state index in [1.165, 1.54) is 18.4 Å². The fourth-order valence-electron chi connectivity index (χ4n) is 3.59. The number of nitrogens with one attached hydrogen (secondary N) is 1. The molecule has 2 fully saturated rings. The molecule has 0 spiro atoms. The zero-order chi connectivity index (χ0) is 15.4. The van der Waals surface area contributed by atoms with Gasteiger partial charge in [-0.05, 0) is 62.3 Å². The predicted octanol–water partition coefficient (Wildman–Crippen LogP) is 3.21. The molecule has 1 aromatic carbocycles. The Labute approximate surface area is 133 Å². The molecule has 0 heterocycles. The van der Waals surface area contributed by atoms with Crippen molar-refractivity contribution in [2.75, 3.05) is 0 Å². The van der Waals surface area contributed by atoms with Gasteiger partial charge in [0.15, 0.2) is 0 Å². The molecule has 3 nitrogen and oxygen atoms in total. The van der Waals surface area contributed by atoms with Crippen LogP contribution in [0.2, 0.25) is 0 Å². The van der Waals surface area contributed by atoms with E-state index in [2.05, 4.69) is 29.6 Å². The van der Waals surface area contributed by atoms with Crippen LogP contribution < -0.4 is 5.32 Å². The van der Waals surface area contributed by atoms with Crippen LogP contribution >= 0.6 is 0 Å². The Kier molecular flexibility index (Phi) is 4.82. The number of rotatable bonds is 6. The van der Waals surface area contributed by atoms with Gasteiger partial charge in [-0.3, -0.25) is 4.79 Å². The molecule has 2 aliphatic rings. The monoisotopic (exact) mass is 301 g/mol. The van der Waals surface area contributed by atoms with Crippen LogP contribution in [0.5, 0.6) is 0 Å². The Morgan fingerprint density at radius 2 is 1.82 bits per heavy atom. The molecule has 120 valence electrons. The molecule has 0 aliphatic heterocycles. The van der Waals surface area contributed by atoms with Crippen molar-refractivity contribution < 1.29 is 9.90 Å². The summed E-state index contributed by atoms with van der Waals surface area (Å²) >= 11 is 0. The predicted molar refractivity (Wildman–Crippen MR) is 87.5 cm³/mol. The number of aryl methyl sites for hydroxylation is 1. The van der Waals surface area contributed by atoms with E-state index >= 15 is 0 Å². The smallest absolute Gasteiger partial charge is 0.220 e. The number of aliphatic hydroxyl groups is 1. The van der Waals surface area contributed by atoms with Gasteiger partial charge < -0.3 is 10.4 Å². The minimum absolute atomic E-state index is 0.159. The van der Waals surface area contributed by atoms with Crippen molar-refractivity contribution in [1.82, 2.24) is 5.32 Å². The number of hydrogen-bond donors (Lipinski definition) is 2. The molecule has 0 unspecified atom stereocenters. The Balaban J connectivity index is 1.42. The lowest BCUT2D eigenvalue weighted by Gasteiger charge is -2.27. The largest absolute Gasteiger partial charge is 0.393 e. The number of hydrogen-bond acceptors (Lipinski definition) is 2. The number of aliphatic hydroxyl groups excluding tert-OH is 1. The summed E-state index contributed by atoms with van der Waals surface area (Å²) in [6.07, 6.45) is 8.58. The Bertz CT molecular complexity index is 487. The normalized spacial score (nSPS) is 26.4. The first-order valence-corrected chi connectivity index (χ1v) is 8.67. The van der Waals surface area contributed by atoms with Crippen LogP contribution in [0.4, 0.5) is 0 Å². The van der Waals surface area contributed by atoms with Crippen LogP contribution in [-0.2, 0) is 11.2 Å². The van der Waals surface area contributed by atoms with Crippen molar-refractivity contribution in [3.8, 4) is 0 Å². The summed E-state index contributed by atoms with van der Waals surface area (Å²) in [4.78, 5) is 12.3. The van der Waals surface area contributed by atoms with Crippen LogP contribution in [-0.4, -0.2) is 23.2 Å². The fourth-order valence-corrected chi connectivity index (χ4v) is 3.59. The second-order valence-corrected chi connectivity index (χ2v) is 7.24. The van der Waals surface area contributed by atoms with E-state index in [-0.39, 0.29) is 23.5 Å². The topological polar surface area (TPSA) is 49.3 Å². The van der Waals surface area contributed by atoms with Gasteiger partial charge in [0.25, 0.3) is 0 Å². The molecule has 0 saturated heterocycles. The lowest BCUT2D eigenvalue weighted by Crippen LogP contribution is -2.39. The average Bonchev–Trinajstić information content (AvgIpc) is 3.28. The number of carbonyl (C=O) groups excluding carboxylic acids is 1.